The minimum absolute atomic E-state index is 0.250. The summed E-state index contributed by atoms with van der Waals surface area (Å²) in [5.41, 5.74) is 3.60. The van der Waals surface area contributed by atoms with E-state index in [9.17, 15) is 0 Å². The first-order valence-electron chi connectivity index (χ1n) is 9.81. The Morgan fingerprint density at radius 1 is 1.04 bits per heavy atom. The number of likely N-dealkylation sites (tertiary alicyclic amines) is 1. The highest BCUT2D eigenvalue weighted by Crippen LogP contribution is 2.21. The molecular weight excluding hydrogens is 360 g/mol. The SMILES string of the molecule is CCN1CCCC1CN1CCN(c2cc(C)nc(C)c2)CC1.O=CO.O=CO. The number of hydrogen-bond acceptors (Lipinski definition) is 6. The number of carbonyl (C=O) groups is 2. The Hall–Kier alpha value is -2.19. The van der Waals surface area contributed by atoms with Gasteiger partial charge in [0.15, 0.2) is 0 Å². The molecule has 0 bridgehead atoms. The molecule has 1 aromatic heterocycles. The van der Waals surface area contributed by atoms with Gasteiger partial charge in [0.25, 0.3) is 12.9 Å². The van der Waals surface area contributed by atoms with Crippen molar-refractivity contribution in [1.29, 1.82) is 0 Å². The molecule has 2 aliphatic heterocycles. The first kappa shape index (κ1) is 23.8. The molecule has 0 aromatic carbocycles. The fourth-order valence-electron chi connectivity index (χ4n) is 4.00. The van der Waals surface area contributed by atoms with Gasteiger partial charge in [-0.05, 0) is 51.9 Å². The smallest absolute Gasteiger partial charge is 0.290 e. The summed E-state index contributed by atoms with van der Waals surface area (Å²) < 4.78 is 0. The van der Waals surface area contributed by atoms with Gasteiger partial charge < -0.3 is 15.1 Å². The Morgan fingerprint density at radius 3 is 2.07 bits per heavy atom. The highest BCUT2D eigenvalue weighted by atomic mass is 16.3. The van der Waals surface area contributed by atoms with Gasteiger partial charge in [-0.1, -0.05) is 6.92 Å². The molecule has 0 radical (unpaired) electrons. The molecule has 2 saturated heterocycles. The lowest BCUT2D eigenvalue weighted by atomic mass is 10.1. The van der Waals surface area contributed by atoms with Crippen LogP contribution in [0.25, 0.3) is 0 Å². The molecule has 1 unspecified atom stereocenters. The first-order chi connectivity index (χ1) is 13.5. The van der Waals surface area contributed by atoms with E-state index in [2.05, 4.69) is 52.6 Å². The van der Waals surface area contributed by atoms with Gasteiger partial charge in [-0.2, -0.15) is 0 Å². The lowest BCUT2D eigenvalue weighted by Crippen LogP contribution is -2.50. The largest absolute Gasteiger partial charge is 0.483 e. The molecule has 0 spiro atoms. The molecule has 8 heteroatoms. The number of piperazine rings is 1. The van der Waals surface area contributed by atoms with Gasteiger partial charge >= 0.3 is 0 Å². The summed E-state index contributed by atoms with van der Waals surface area (Å²) in [4.78, 5) is 29.0. The maximum atomic E-state index is 8.36. The van der Waals surface area contributed by atoms with Crippen LogP contribution in [-0.2, 0) is 9.59 Å². The highest BCUT2D eigenvalue weighted by Gasteiger charge is 2.26. The van der Waals surface area contributed by atoms with Gasteiger partial charge in [0.2, 0.25) is 0 Å². The quantitative estimate of drug-likeness (QED) is 0.745. The fraction of sp³-hybridized carbons (Fsp3) is 0.650. The van der Waals surface area contributed by atoms with Crippen LogP contribution in [0.2, 0.25) is 0 Å². The average Bonchev–Trinajstić information content (AvgIpc) is 3.10. The van der Waals surface area contributed by atoms with Crippen molar-refractivity contribution in [3.63, 3.8) is 0 Å². The van der Waals surface area contributed by atoms with Crippen LogP contribution in [0, 0.1) is 13.8 Å². The maximum absolute atomic E-state index is 8.36. The third kappa shape index (κ3) is 7.82. The minimum atomic E-state index is -0.250. The van der Waals surface area contributed by atoms with E-state index in [4.69, 9.17) is 19.8 Å². The summed E-state index contributed by atoms with van der Waals surface area (Å²) in [6.45, 7) is 14.4. The molecule has 8 nitrogen and oxygen atoms in total. The first-order valence-corrected chi connectivity index (χ1v) is 9.81. The number of hydrogen-bond donors (Lipinski definition) is 2. The third-order valence-corrected chi connectivity index (χ3v) is 5.18. The number of rotatable bonds is 4. The summed E-state index contributed by atoms with van der Waals surface area (Å²) in [6, 6.07) is 5.23. The van der Waals surface area contributed by atoms with Gasteiger partial charge in [0, 0.05) is 55.8 Å². The Labute approximate surface area is 167 Å². The van der Waals surface area contributed by atoms with Crippen molar-refractivity contribution in [2.45, 2.75) is 39.7 Å². The molecule has 1 aromatic rings. The van der Waals surface area contributed by atoms with E-state index in [0.29, 0.717) is 0 Å². The third-order valence-electron chi connectivity index (χ3n) is 5.18. The molecule has 0 aliphatic carbocycles. The summed E-state index contributed by atoms with van der Waals surface area (Å²) in [5, 5.41) is 13.8. The molecule has 3 rings (SSSR count). The Kier molecular flexibility index (Phi) is 11.1. The monoisotopic (exact) mass is 394 g/mol. The number of aryl methyl sites for hydroxylation is 2. The van der Waals surface area contributed by atoms with Crippen LogP contribution in [-0.4, -0.2) is 89.8 Å². The highest BCUT2D eigenvalue weighted by molar-refractivity contribution is 5.48. The summed E-state index contributed by atoms with van der Waals surface area (Å²) >= 11 is 0. The maximum Gasteiger partial charge on any atom is 0.290 e. The van der Waals surface area contributed by atoms with Crippen LogP contribution < -0.4 is 4.90 Å². The van der Waals surface area contributed by atoms with E-state index in [-0.39, 0.29) is 12.9 Å². The Balaban J connectivity index is 0.000000582. The van der Waals surface area contributed by atoms with E-state index < -0.39 is 0 Å². The number of pyridine rings is 1. The van der Waals surface area contributed by atoms with Crippen molar-refractivity contribution in [3.8, 4) is 0 Å². The van der Waals surface area contributed by atoms with Crippen LogP contribution in [0.5, 0.6) is 0 Å². The van der Waals surface area contributed by atoms with E-state index >= 15 is 0 Å². The van der Waals surface area contributed by atoms with Crippen molar-refractivity contribution < 1.29 is 19.8 Å². The normalized spacial score (nSPS) is 19.8. The van der Waals surface area contributed by atoms with Gasteiger partial charge in [0.05, 0.1) is 0 Å². The summed E-state index contributed by atoms with van der Waals surface area (Å²) in [5.74, 6) is 0. The van der Waals surface area contributed by atoms with Crippen LogP contribution in [0.15, 0.2) is 12.1 Å². The lowest BCUT2D eigenvalue weighted by Gasteiger charge is -2.38. The van der Waals surface area contributed by atoms with E-state index in [1.807, 2.05) is 0 Å². The number of likely N-dealkylation sites (N-methyl/N-ethyl adjacent to an activating group) is 1. The molecule has 2 N–H and O–H groups in total. The average molecular weight is 395 g/mol. The zero-order valence-electron chi connectivity index (χ0n) is 17.3. The van der Waals surface area contributed by atoms with Gasteiger partial charge in [-0.25, -0.2) is 0 Å². The molecule has 2 aliphatic rings. The molecule has 28 heavy (non-hydrogen) atoms. The van der Waals surface area contributed by atoms with Crippen molar-refractivity contribution in [2.24, 2.45) is 0 Å². The van der Waals surface area contributed by atoms with Crippen LogP contribution >= 0.6 is 0 Å². The standard InChI is InChI=1S/C18H30N4.2CH2O2/c1-4-21-7-5-6-17(21)14-20-8-10-22(11-9-20)18-12-15(2)19-16(3)13-18;2*2-1-3/h12-13,17H,4-11,14H2,1-3H3;2*1H,(H,2,3). The summed E-state index contributed by atoms with van der Waals surface area (Å²) in [6.07, 6.45) is 2.77. The Bertz CT molecular complexity index is 565. The lowest BCUT2D eigenvalue weighted by molar-refractivity contribution is -0.123. The predicted molar refractivity (Wildman–Crippen MR) is 110 cm³/mol. The van der Waals surface area contributed by atoms with Gasteiger partial charge in [-0.15, -0.1) is 0 Å². The molecule has 0 amide bonds. The number of carboxylic acid groups (broad SMARTS) is 2. The molecule has 3 heterocycles. The number of aromatic nitrogens is 1. The van der Waals surface area contributed by atoms with Crippen molar-refractivity contribution in [3.05, 3.63) is 23.5 Å². The van der Waals surface area contributed by atoms with Crippen molar-refractivity contribution in [1.82, 2.24) is 14.8 Å². The second-order valence-corrected chi connectivity index (χ2v) is 7.03. The van der Waals surface area contributed by atoms with E-state index in [0.717, 1.165) is 30.5 Å². The second-order valence-electron chi connectivity index (χ2n) is 7.03. The van der Waals surface area contributed by atoms with Gasteiger partial charge in [-0.3, -0.25) is 24.4 Å². The Morgan fingerprint density at radius 2 is 1.57 bits per heavy atom. The fourth-order valence-corrected chi connectivity index (χ4v) is 4.00. The zero-order chi connectivity index (χ0) is 20.9. The predicted octanol–water partition coefficient (Wildman–Crippen LogP) is 1.71. The minimum Gasteiger partial charge on any atom is -0.483 e. The molecule has 2 fully saturated rings. The van der Waals surface area contributed by atoms with Crippen LogP contribution in [0.4, 0.5) is 5.69 Å². The second kappa shape index (κ2) is 13.1. The molecule has 0 saturated carbocycles. The molecular formula is C20H34N4O4. The zero-order valence-corrected chi connectivity index (χ0v) is 17.3. The van der Waals surface area contributed by atoms with Crippen molar-refractivity contribution >= 4 is 18.6 Å². The number of nitrogens with zero attached hydrogens (tertiary/aromatic N) is 4. The summed E-state index contributed by atoms with van der Waals surface area (Å²) in [7, 11) is 0. The van der Waals surface area contributed by atoms with E-state index in [1.54, 1.807) is 0 Å². The van der Waals surface area contributed by atoms with Gasteiger partial charge in [0.1, 0.15) is 0 Å². The molecule has 1 atom stereocenters. The van der Waals surface area contributed by atoms with E-state index in [1.165, 1.54) is 51.3 Å². The number of anilines is 1. The van der Waals surface area contributed by atoms with Crippen LogP contribution in [0.1, 0.15) is 31.2 Å². The van der Waals surface area contributed by atoms with Crippen molar-refractivity contribution in [2.75, 3.05) is 50.7 Å². The topological polar surface area (TPSA) is 97.2 Å². The van der Waals surface area contributed by atoms with Crippen LogP contribution in [0.3, 0.4) is 0 Å². The molecule has 158 valence electrons.